The molecule has 0 aliphatic rings. The molecule has 0 unspecified atom stereocenters. The predicted octanol–water partition coefficient (Wildman–Crippen LogP) is 3.59. The van der Waals surface area contributed by atoms with Crippen molar-refractivity contribution in [3.05, 3.63) is 63.2 Å². The fourth-order valence-electron chi connectivity index (χ4n) is 1.69. The van der Waals surface area contributed by atoms with Gasteiger partial charge in [0.1, 0.15) is 12.4 Å². The van der Waals surface area contributed by atoms with Crippen LogP contribution in [0.5, 0.6) is 5.75 Å². The lowest BCUT2D eigenvalue weighted by atomic mass is 10.1. The molecule has 2 aromatic carbocycles. The minimum atomic E-state index is -0.238. The largest absolute Gasteiger partial charge is 0.489 e. The Morgan fingerprint density at radius 1 is 1.00 bits per heavy atom. The number of rotatable bonds is 5. The summed E-state index contributed by atoms with van der Waals surface area (Å²) in [5.74, 6) is 0.551. The third-order valence-electron chi connectivity index (χ3n) is 2.82. The van der Waals surface area contributed by atoms with Gasteiger partial charge >= 0.3 is 5.97 Å². The van der Waals surface area contributed by atoms with Gasteiger partial charge in [0.25, 0.3) is 0 Å². The van der Waals surface area contributed by atoms with Crippen LogP contribution in [0.15, 0.2) is 48.5 Å². The highest BCUT2D eigenvalue weighted by Gasteiger charge is 2.03. The molecule has 0 atom stereocenters. The van der Waals surface area contributed by atoms with Crippen LogP contribution in [-0.4, -0.2) is 13.1 Å². The van der Waals surface area contributed by atoms with Crippen molar-refractivity contribution in [1.29, 1.82) is 0 Å². The van der Waals surface area contributed by atoms with Crippen molar-refractivity contribution >= 4 is 28.6 Å². The van der Waals surface area contributed by atoms with E-state index in [1.807, 2.05) is 36.4 Å². The van der Waals surface area contributed by atoms with Gasteiger partial charge in [0.2, 0.25) is 0 Å². The van der Waals surface area contributed by atoms with Crippen LogP contribution in [0.2, 0.25) is 0 Å². The van der Waals surface area contributed by atoms with E-state index in [2.05, 4.69) is 39.5 Å². The van der Waals surface area contributed by atoms with Gasteiger partial charge in [-0.15, -0.1) is 0 Å². The number of halogens is 1. The third kappa shape index (κ3) is 4.52. The highest BCUT2D eigenvalue weighted by molar-refractivity contribution is 14.1. The Kier molecular flexibility index (Phi) is 5.40. The maximum atomic E-state index is 11.2. The fourth-order valence-corrected chi connectivity index (χ4v) is 2.05. The number of carbonyl (C=O) groups excluding carboxylic acids is 1. The number of methoxy groups -OCH3 is 1. The minimum absolute atomic E-state index is 0.238. The molecule has 0 amide bonds. The maximum Gasteiger partial charge on any atom is 0.309 e. The fraction of sp³-hybridized carbons (Fsp3) is 0.188. The average molecular weight is 382 g/mol. The van der Waals surface area contributed by atoms with Crippen LogP contribution in [0.4, 0.5) is 0 Å². The van der Waals surface area contributed by atoms with Gasteiger partial charge in [0.15, 0.2) is 0 Å². The Morgan fingerprint density at radius 2 is 1.60 bits per heavy atom. The monoisotopic (exact) mass is 382 g/mol. The summed E-state index contributed by atoms with van der Waals surface area (Å²) in [6.07, 6.45) is 0.286. The van der Waals surface area contributed by atoms with Crippen LogP contribution in [-0.2, 0) is 22.6 Å². The molecule has 0 saturated carbocycles. The second kappa shape index (κ2) is 7.28. The van der Waals surface area contributed by atoms with Crippen LogP contribution in [0, 0.1) is 3.57 Å². The number of esters is 1. The summed E-state index contributed by atoms with van der Waals surface area (Å²) in [4.78, 5) is 11.2. The van der Waals surface area contributed by atoms with E-state index in [0.29, 0.717) is 6.61 Å². The van der Waals surface area contributed by atoms with E-state index in [4.69, 9.17) is 4.74 Å². The van der Waals surface area contributed by atoms with Crippen LogP contribution < -0.4 is 4.74 Å². The van der Waals surface area contributed by atoms with E-state index in [9.17, 15) is 4.79 Å². The number of benzene rings is 2. The highest BCUT2D eigenvalue weighted by Crippen LogP contribution is 2.15. The molecule has 0 spiro atoms. The smallest absolute Gasteiger partial charge is 0.309 e. The second-order valence-electron chi connectivity index (χ2n) is 4.31. The first kappa shape index (κ1) is 14.8. The Balaban J connectivity index is 1.90. The summed E-state index contributed by atoms with van der Waals surface area (Å²) in [6, 6.07) is 15.7. The zero-order chi connectivity index (χ0) is 14.4. The van der Waals surface area contributed by atoms with Crippen molar-refractivity contribution in [2.24, 2.45) is 0 Å². The third-order valence-corrected chi connectivity index (χ3v) is 3.54. The van der Waals surface area contributed by atoms with E-state index < -0.39 is 0 Å². The minimum Gasteiger partial charge on any atom is -0.489 e. The molecule has 0 fully saturated rings. The Bertz CT molecular complexity index is 561. The molecule has 20 heavy (non-hydrogen) atoms. The average Bonchev–Trinajstić information content (AvgIpc) is 2.48. The van der Waals surface area contributed by atoms with Gasteiger partial charge in [-0.3, -0.25) is 4.79 Å². The lowest BCUT2D eigenvalue weighted by Gasteiger charge is -2.07. The molecule has 0 aliphatic heterocycles. The van der Waals surface area contributed by atoms with E-state index in [0.717, 1.165) is 16.9 Å². The summed E-state index contributed by atoms with van der Waals surface area (Å²) >= 11 is 2.27. The number of carbonyl (C=O) groups is 1. The van der Waals surface area contributed by atoms with E-state index >= 15 is 0 Å². The first-order chi connectivity index (χ1) is 9.67. The molecule has 0 aliphatic carbocycles. The molecule has 3 nitrogen and oxygen atoms in total. The van der Waals surface area contributed by atoms with Crippen LogP contribution in [0.3, 0.4) is 0 Å². The molecular weight excluding hydrogens is 367 g/mol. The number of hydrogen-bond acceptors (Lipinski definition) is 3. The van der Waals surface area contributed by atoms with Crippen molar-refractivity contribution in [3.63, 3.8) is 0 Å². The second-order valence-corrected chi connectivity index (χ2v) is 5.56. The molecule has 0 radical (unpaired) electrons. The summed E-state index contributed by atoms with van der Waals surface area (Å²) in [5, 5.41) is 0. The molecule has 0 aromatic heterocycles. The normalized spacial score (nSPS) is 10.1. The van der Waals surface area contributed by atoms with Crippen molar-refractivity contribution in [1.82, 2.24) is 0 Å². The SMILES string of the molecule is COC(=O)Cc1ccc(OCc2ccc(I)cc2)cc1. The van der Waals surface area contributed by atoms with Gasteiger partial charge in [-0.1, -0.05) is 24.3 Å². The van der Waals surface area contributed by atoms with Crippen LogP contribution >= 0.6 is 22.6 Å². The van der Waals surface area contributed by atoms with Crippen LogP contribution in [0.1, 0.15) is 11.1 Å². The van der Waals surface area contributed by atoms with Gasteiger partial charge in [0, 0.05) is 3.57 Å². The van der Waals surface area contributed by atoms with Crippen molar-refractivity contribution in [2.75, 3.05) is 7.11 Å². The quantitative estimate of drug-likeness (QED) is 0.586. The van der Waals surface area contributed by atoms with Gasteiger partial charge in [-0.2, -0.15) is 0 Å². The molecule has 2 rings (SSSR count). The molecule has 0 N–H and O–H groups in total. The van der Waals surface area contributed by atoms with Crippen molar-refractivity contribution in [2.45, 2.75) is 13.0 Å². The van der Waals surface area contributed by atoms with Gasteiger partial charge in [0.05, 0.1) is 13.5 Å². The molecule has 0 heterocycles. The summed E-state index contributed by atoms with van der Waals surface area (Å²) in [7, 11) is 1.39. The lowest BCUT2D eigenvalue weighted by Crippen LogP contribution is -2.04. The standard InChI is InChI=1S/C16H15IO3/c1-19-16(18)10-12-4-8-15(9-5-12)20-11-13-2-6-14(17)7-3-13/h2-9H,10-11H2,1H3. The molecule has 4 heteroatoms. The maximum absolute atomic E-state index is 11.2. The zero-order valence-corrected chi connectivity index (χ0v) is 13.3. The number of ether oxygens (including phenoxy) is 2. The van der Waals surface area contributed by atoms with E-state index in [1.165, 1.54) is 10.7 Å². The lowest BCUT2D eigenvalue weighted by molar-refractivity contribution is -0.139. The van der Waals surface area contributed by atoms with E-state index in [-0.39, 0.29) is 12.4 Å². The predicted molar refractivity (Wildman–Crippen MR) is 85.7 cm³/mol. The first-order valence-corrected chi connectivity index (χ1v) is 7.28. The van der Waals surface area contributed by atoms with Gasteiger partial charge < -0.3 is 9.47 Å². The summed E-state index contributed by atoms with van der Waals surface area (Å²) in [5.41, 5.74) is 2.04. The zero-order valence-electron chi connectivity index (χ0n) is 11.1. The van der Waals surface area contributed by atoms with Crippen molar-refractivity contribution in [3.8, 4) is 5.75 Å². The Morgan fingerprint density at radius 3 is 2.20 bits per heavy atom. The molecular formula is C16H15IO3. The molecule has 2 aromatic rings. The topological polar surface area (TPSA) is 35.5 Å². The number of hydrogen-bond donors (Lipinski definition) is 0. The molecule has 0 bridgehead atoms. The Hall–Kier alpha value is -1.56. The summed E-state index contributed by atoms with van der Waals surface area (Å²) in [6.45, 7) is 0.535. The van der Waals surface area contributed by atoms with Crippen molar-refractivity contribution < 1.29 is 14.3 Å². The van der Waals surface area contributed by atoms with Gasteiger partial charge in [-0.05, 0) is 58.0 Å². The molecule has 0 saturated heterocycles. The first-order valence-electron chi connectivity index (χ1n) is 6.20. The van der Waals surface area contributed by atoms with E-state index in [1.54, 1.807) is 0 Å². The van der Waals surface area contributed by atoms with Gasteiger partial charge in [-0.25, -0.2) is 0 Å². The van der Waals surface area contributed by atoms with Crippen LogP contribution in [0.25, 0.3) is 0 Å². The molecule has 104 valence electrons. The highest BCUT2D eigenvalue weighted by atomic mass is 127. The Labute approximate surface area is 132 Å². The summed E-state index contributed by atoms with van der Waals surface area (Å²) < 4.78 is 11.5.